The van der Waals surface area contributed by atoms with Crippen LogP contribution in [-0.4, -0.2) is 30.6 Å². The summed E-state index contributed by atoms with van der Waals surface area (Å²) in [5.41, 5.74) is -0.502. The standard InChI is InChI=1S/C14H20N6O3/c1-4-10(12-15-7-16-20(12)5-2)18-11(21)6-9-8(3)17-14(23)19-13(9)22/h7,10H,4-6H2,1-3H3,(H,18,21)(H2,17,19,22,23). The first kappa shape index (κ1) is 16.7. The molecule has 2 aromatic heterocycles. The number of hydrogen-bond donors (Lipinski definition) is 3. The average Bonchev–Trinajstić information content (AvgIpc) is 2.96. The quantitative estimate of drug-likeness (QED) is 0.679. The summed E-state index contributed by atoms with van der Waals surface area (Å²) in [6.07, 6.45) is 1.98. The monoisotopic (exact) mass is 320 g/mol. The van der Waals surface area contributed by atoms with Crippen molar-refractivity contribution >= 4 is 5.91 Å². The summed E-state index contributed by atoms with van der Waals surface area (Å²) in [5, 5.41) is 6.95. The number of aromatic amines is 2. The second-order valence-corrected chi connectivity index (χ2v) is 5.15. The smallest absolute Gasteiger partial charge is 0.325 e. The Labute approximate surface area is 132 Å². The van der Waals surface area contributed by atoms with Gasteiger partial charge in [-0.25, -0.2) is 14.5 Å². The maximum absolute atomic E-state index is 12.3. The molecule has 1 amide bonds. The van der Waals surface area contributed by atoms with Crippen molar-refractivity contribution in [2.45, 2.75) is 46.2 Å². The largest absolute Gasteiger partial charge is 0.346 e. The molecule has 0 aliphatic rings. The molecule has 0 bridgehead atoms. The number of rotatable bonds is 6. The van der Waals surface area contributed by atoms with E-state index in [2.05, 4.69) is 25.4 Å². The van der Waals surface area contributed by atoms with Crippen LogP contribution in [0.5, 0.6) is 0 Å². The minimum absolute atomic E-state index is 0.116. The number of nitrogens with one attached hydrogen (secondary N) is 3. The summed E-state index contributed by atoms with van der Waals surface area (Å²) in [4.78, 5) is 44.0. The SMILES string of the molecule is CCC(NC(=O)Cc1c(C)[nH]c(=O)[nH]c1=O)c1ncnn1CC. The average molecular weight is 320 g/mol. The molecule has 9 nitrogen and oxygen atoms in total. The lowest BCUT2D eigenvalue weighted by Gasteiger charge is -2.17. The van der Waals surface area contributed by atoms with E-state index in [0.717, 1.165) is 0 Å². The molecule has 2 heterocycles. The van der Waals surface area contributed by atoms with Crippen LogP contribution < -0.4 is 16.6 Å². The summed E-state index contributed by atoms with van der Waals surface area (Å²) in [7, 11) is 0. The zero-order valence-corrected chi connectivity index (χ0v) is 13.3. The van der Waals surface area contributed by atoms with Crippen molar-refractivity contribution < 1.29 is 4.79 Å². The molecule has 0 saturated carbocycles. The Kier molecular flexibility index (Phi) is 5.09. The lowest BCUT2D eigenvalue weighted by Crippen LogP contribution is -2.35. The summed E-state index contributed by atoms with van der Waals surface area (Å²) in [5.74, 6) is 0.360. The number of carbonyl (C=O) groups is 1. The molecule has 124 valence electrons. The van der Waals surface area contributed by atoms with Gasteiger partial charge in [0.2, 0.25) is 5.91 Å². The zero-order valence-electron chi connectivity index (χ0n) is 13.3. The van der Waals surface area contributed by atoms with Gasteiger partial charge in [-0.05, 0) is 20.3 Å². The minimum Gasteiger partial charge on any atom is -0.346 e. The van der Waals surface area contributed by atoms with Crippen LogP contribution >= 0.6 is 0 Å². The van der Waals surface area contributed by atoms with E-state index in [-0.39, 0.29) is 23.9 Å². The predicted molar refractivity (Wildman–Crippen MR) is 83.0 cm³/mol. The van der Waals surface area contributed by atoms with E-state index >= 15 is 0 Å². The summed E-state index contributed by atoms with van der Waals surface area (Å²) in [6, 6.07) is -0.285. The van der Waals surface area contributed by atoms with Gasteiger partial charge >= 0.3 is 5.69 Å². The molecule has 1 atom stereocenters. The number of aryl methyl sites for hydroxylation is 2. The van der Waals surface area contributed by atoms with Crippen molar-refractivity contribution in [1.82, 2.24) is 30.0 Å². The van der Waals surface area contributed by atoms with E-state index in [4.69, 9.17) is 0 Å². The van der Waals surface area contributed by atoms with Crippen LogP contribution in [0.4, 0.5) is 0 Å². The lowest BCUT2D eigenvalue weighted by atomic mass is 10.1. The van der Waals surface area contributed by atoms with Crippen LogP contribution in [0.1, 0.15) is 43.4 Å². The number of H-pyrrole nitrogens is 2. The van der Waals surface area contributed by atoms with Gasteiger partial charge in [-0.3, -0.25) is 14.6 Å². The molecule has 1 unspecified atom stereocenters. The Morgan fingerprint density at radius 2 is 2.09 bits per heavy atom. The Morgan fingerprint density at radius 1 is 1.35 bits per heavy atom. The van der Waals surface area contributed by atoms with Crippen LogP contribution in [0.3, 0.4) is 0 Å². The highest BCUT2D eigenvalue weighted by molar-refractivity contribution is 5.79. The molecule has 0 radical (unpaired) electrons. The van der Waals surface area contributed by atoms with Crippen molar-refractivity contribution in [2.24, 2.45) is 0 Å². The Bertz CT molecular complexity index is 803. The molecule has 0 aliphatic heterocycles. The number of aromatic nitrogens is 5. The van der Waals surface area contributed by atoms with E-state index in [9.17, 15) is 14.4 Å². The van der Waals surface area contributed by atoms with E-state index < -0.39 is 11.2 Å². The summed E-state index contributed by atoms with van der Waals surface area (Å²) < 4.78 is 1.71. The highest BCUT2D eigenvalue weighted by atomic mass is 16.2. The first-order valence-electron chi connectivity index (χ1n) is 7.45. The van der Waals surface area contributed by atoms with Gasteiger partial charge < -0.3 is 10.3 Å². The van der Waals surface area contributed by atoms with Crippen LogP contribution in [0.25, 0.3) is 0 Å². The van der Waals surface area contributed by atoms with E-state index in [1.54, 1.807) is 11.6 Å². The van der Waals surface area contributed by atoms with Gasteiger partial charge in [-0.1, -0.05) is 6.92 Å². The molecule has 0 spiro atoms. The van der Waals surface area contributed by atoms with Gasteiger partial charge in [-0.15, -0.1) is 0 Å². The summed E-state index contributed by atoms with van der Waals surface area (Å²) >= 11 is 0. The molecular formula is C14H20N6O3. The molecule has 0 fully saturated rings. The molecule has 23 heavy (non-hydrogen) atoms. The fourth-order valence-corrected chi connectivity index (χ4v) is 2.38. The van der Waals surface area contributed by atoms with E-state index in [1.807, 2.05) is 13.8 Å². The third kappa shape index (κ3) is 3.74. The third-order valence-corrected chi connectivity index (χ3v) is 3.59. The number of nitrogens with zero attached hydrogens (tertiary/aromatic N) is 3. The van der Waals surface area contributed by atoms with Crippen molar-refractivity contribution in [3.05, 3.63) is 44.2 Å². The van der Waals surface area contributed by atoms with Crippen LogP contribution in [0.2, 0.25) is 0 Å². The van der Waals surface area contributed by atoms with Crippen LogP contribution in [0.15, 0.2) is 15.9 Å². The van der Waals surface area contributed by atoms with Gasteiger partial charge in [0.05, 0.1) is 12.5 Å². The van der Waals surface area contributed by atoms with Gasteiger partial charge in [0.15, 0.2) is 0 Å². The fourth-order valence-electron chi connectivity index (χ4n) is 2.38. The maximum Gasteiger partial charge on any atom is 0.325 e. The molecule has 2 aromatic rings. The van der Waals surface area contributed by atoms with Crippen molar-refractivity contribution in [1.29, 1.82) is 0 Å². The molecular weight excluding hydrogens is 300 g/mol. The van der Waals surface area contributed by atoms with E-state index in [1.165, 1.54) is 6.33 Å². The number of hydrogen-bond acceptors (Lipinski definition) is 5. The highest BCUT2D eigenvalue weighted by Crippen LogP contribution is 2.13. The topological polar surface area (TPSA) is 126 Å². The lowest BCUT2D eigenvalue weighted by molar-refractivity contribution is -0.121. The molecule has 3 N–H and O–H groups in total. The van der Waals surface area contributed by atoms with Gasteiger partial charge in [0.1, 0.15) is 12.2 Å². The molecule has 9 heteroatoms. The number of amides is 1. The third-order valence-electron chi connectivity index (χ3n) is 3.59. The Morgan fingerprint density at radius 3 is 2.70 bits per heavy atom. The van der Waals surface area contributed by atoms with Gasteiger partial charge in [0.25, 0.3) is 5.56 Å². The van der Waals surface area contributed by atoms with Crippen molar-refractivity contribution in [3.8, 4) is 0 Å². The zero-order chi connectivity index (χ0) is 17.0. The first-order chi connectivity index (χ1) is 11.0. The fraction of sp³-hybridized carbons (Fsp3) is 0.500. The molecule has 0 aromatic carbocycles. The van der Waals surface area contributed by atoms with Gasteiger partial charge in [-0.2, -0.15) is 5.10 Å². The number of carbonyl (C=O) groups excluding carboxylic acids is 1. The van der Waals surface area contributed by atoms with E-state index in [0.29, 0.717) is 24.5 Å². The highest BCUT2D eigenvalue weighted by Gasteiger charge is 2.19. The van der Waals surface area contributed by atoms with Crippen LogP contribution in [0, 0.1) is 6.92 Å². The molecule has 0 saturated heterocycles. The second kappa shape index (κ2) is 7.03. The Hall–Kier alpha value is -2.71. The normalized spacial score (nSPS) is 12.1. The minimum atomic E-state index is -0.584. The molecule has 0 aliphatic carbocycles. The van der Waals surface area contributed by atoms with Crippen molar-refractivity contribution in [2.75, 3.05) is 0 Å². The Balaban J connectivity index is 2.15. The second-order valence-electron chi connectivity index (χ2n) is 5.15. The molecule has 2 rings (SSSR count). The maximum atomic E-state index is 12.3. The van der Waals surface area contributed by atoms with Gasteiger partial charge in [0, 0.05) is 17.8 Å². The predicted octanol–water partition coefficient (Wildman–Crippen LogP) is -0.207. The van der Waals surface area contributed by atoms with Crippen molar-refractivity contribution in [3.63, 3.8) is 0 Å². The first-order valence-corrected chi connectivity index (χ1v) is 7.45. The van der Waals surface area contributed by atoms with Crippen LogP contribution in [-0.2, 0) is 17.8 Å². The summed E-state index contributed by atoms with van der Waals surface area (Å²) in [6.45, 7) is 6.11.